The summed E-state index contributed by atoms with van der Waals surface area (Å²) in [5.74, 6) is 1.24. The van der Waals surface area contributed by atoms with Crippen LogP contribution in [-0.2, 0) is 0 Å². The minimum Gasteiger partial charge on any atom is -0.313 e. The molecule has 0 unspecified atom stereocenters. The zero-order valence-corrected chi connectivity index (χ0v) is 11.9. The molecule has 0 spiro atoms. The quantitative estimate of drug-likeness (QED) is 0.661. The average Bonchev–Trinajstić information content (AvgIpc) is 2.08. The first-order chi connectivity index (χ1) is 7.70. The van der Waals surface area contributed by atoms with Crippen molar-refractivity contribution in [2.24, 2.45) is 11.8 Å². The highest BCUT2D eigenvalue weighted by molar-refractivity contribution is 8.00. The average molecular weight is 271 g/mol. The van der Waals surface area contributed by atoms with Gasteiger partial charge in [-0.15, -0.1) is 0 Å². The van der Waals surface area contributed by atoms with Crippen molar-refractivity contribution >= 4 is 11.8 Å². The first-order valence-electron chi connectivity index (χ1n) is 6.14. The topological polar surface area (TPSA) is 12.0 Å². The molecular weight excluding hydrogens is 247 g/mol. The molecule has 17 heavy (non-hydrogen) atoms. The molecule has 0 fully saturated rings. The van der Waals surface area contributed by atoms with Crippen molar-refractivity contribution in [1.29, 1.82) is 0 Å². The predicted octanol–water partition coefficient (Wildman–Crippen LogP) is 4.29. The van der Waals surface area contributed by atoms with Crippen LogP contribution in [0.2, 0.25) is 0 Å². The van der Waals surface area contributed by atoms with Crippen LogP contribution in [0.1, 0.15) is 40.5 Å². The van der Waals surface area contributed by atoms with Gasteiger partial charge in [-0.1, -0.05) is 27.7 Å². The molecule has 0 aromatic heterocycles. The Bertz CT molecular complexity index is 183. The number of hydrogen-bond acceptors (Lipinski definition) is 2. The molecular formula is C12H24F3NS. The SMILES string of the molecule is CC(C)CC(CC(C)C)NCCSC(F)(F)F. The standard InChI is InChI=1S/C12H24F3NS/c1-9(2)7-11(8-10(3)4)16-5-6-17-12(13,14)15/h9-11,16H,5-8H2,1-4H3. The molecule has 0 aliphatic heterocycles. The molecule has 0 rings (SSSR count). The highest BCUT2D eigenvalue weighted by atomic mass is 32.2. The number of hydrogen-bond donors (Lipinski definition) is 1. The summed E-state index contributed by atoms with van der Waals surface area (Å²) in [4.78, 5) is 0. The first kappa shape index (κ1) is 17.1. The third kappa shape index (κ3) is 12.3. The smallest absolute Gasteiger partial charge is 0.313 e. The molecule has 5 heteroatoms. The Morgan fingerprint density at radius 1 is 1.00 bits per heavy atom. The Kier molecular flexibility index (Phi) is 8.29. The van der Waals surface area contributed by atoms with E-state index in [2.05, 4.69) is 33.0 Å². The number of rotatable bonds is 8. The van der Waals surface area contributed by atoms with Crippen molar-refractivity contribution in [2.75, 3.05) is 12.3 Å². The van der Waals surface area contributed by atoms with Gasteiger partial charge in [0, 0.05) is 18.3 Å². The second-order valence-electron chi connectivity index (χ2n) is 5.20. The van der Waals surface area contributed by atoms with E-state index in [-0.39, 0.29) is 17.5 Å². The maximum atomic E-state index is 11.9. The van der Waals surface area contributed by atoms with Gasteiger partial charge in [-0.05, 0) is 36.4 Å². The largest absolute Gasteiger partial charge is 0.441 e. The molecule has 0 aliphatic rings. The minimum atomic E-state index is -4.10. The number of nitrogens with one attached hydrogen (secondary N) is 1. The fraction of sp³-hybridized carbons (Fsp3) is 1.00. The van der Waals surface area contributed by atoms with Crippen molar-refractivity contribution in [3.8, 4) is 0 Å². The molecule has 0 heterocycles. The molecule has 0 bridgehead atoms. The van der Waals surface area contributed by atoms with Gasteiger partial charge < -0.3 is 5.32 Å². The van der Waals surface area contributed by atoms with Gasteiger partial charge in [0.05, 0.1) is 0 Å². The van der Waals surface area contributed by atoms with Crippen LogP contribution >= 0.6 is 11.8 Å². The summed E-state index contributed by atoms with van der Waals surface area (Å²) in [6.07, 6.45) is 2.05. The number of halogens is 3. The third-order valence-electron chi connectivity index (χ3n) is 2.31. The van der Waals surface area contributed by atoms with E-state index in [0.717, 1.165) is 12.8 Å². The summed E-state index contributed by atoms with van der Waals surface area (Å²) < 4.78 is 35.8. The van der Waals surface area contributed by atoms with Gasteiger partial charge in [0.15, 0.2) is 0 Å². The molecule has 1 N–H and O–H groups in total. The van der Waals surface area contributed by atoms with E-state index in [0.29, 0.717) is 24.4 Å². The van der Waals surface area contributed by atoms with Crippen LogP contribution in [0.5, 0.6) is 0 Å². The van der Waals surface area contributed by atoms with E-state index in [9.17, 15) is 13.2 Å². The zero-order valence-electron chi connectivity index (χ0n) is 11.1. The summed E-state index contributed by atoms with van der Waals surface area (Å²) in [6.45, 7) is 8.98. The third-order valence-corrected chi connectivity index (χ3v) is 3.05. The van der Waals surface area contributed by atoms with Crippen LogP contribution in [0.25, 0.3) is 0 Å². The van der Waals surface area contributed by atoms with E-state index >= 15 is 0 Å². The zero-order chi connectivity index (χ0) is 13.5. The summed E-state index contributed by atoms with van der Waals surface area (Å²) in [5, 5.41) is 3.23. The Labute approximate surface area is 107 Å². The van der Waals surface area contributed by atoms with E-state index in [1.807, 2.05) is 0 Å². The van der Waals surface area contributed by atoms with E-state index in [4.69, 9.17) is 0 Å². The summed E-state index contributed by atoms with van der Waals surface area (Å²) >= 11 is 0.0508. The van der Waals surface area contributed by atoms with Gasteiger partial charge in [0.2, 0.25) is 0 Å². The lowest BCUT2D eigenvalue weighted by Gasteiger charge is -2.22. The monoisotopic (exact) mass is 271 g/mol. The summed E-state index contributed by atoms with van der Waals surface area (Å²) in [6, 6.07) is 0.337. The minimum absolute atomic E-state index is 0.0508. The number of alkyl halides is 3. The maximum absolute atomic E-state index is 11.9. The van der Waals surface area contributed by atoms with Crippen LogP contribution in [-0.4, -0.2) is 23.8 Å². The molecule has 0 atom stereocenters. The molecule has 0 saturated carbocycles. The van der Waals surface area contributed by atoms with Gasteiger partial charge in [-0.2, -0.15) is 13.2 Å². The lowest BCUT2D eigenvalue weighted by molar-refractivity contribution is -0.0327. The second-order valence-corrected chi connectivity index (χ2v) is 6.36. The van der Waals surface area contributed by atoms with Crippen LogP contribution in [0.4, 0.5) is 13.2 Å². The predicted molar refractivity (Wildman–Crippen MR) is 69.2 cm³/mol. The Hall–Kier alpha value is 0.100. The van der Waals surface area contributed by atoms with Crippen LogP contribution in [0.3, 0.4) is 0 Å². The highest BCUT2D eigenvalue weighted by Crippen LogP contribution is 2.29. The second kappa shape index (κ2) is 8.25. The summed E-state index contributed by atoms with van der Waals surface area (Å²) in [7, 11) is 0. The lowest BCUT2D eigenvalue weighted by atomic mass is 9.96. The fourth-order valence-electron chi connectivity index (χ4n) is 1.83. The lowest BCUT2D eigenvalue weighted by Crippen LogP contribution is -2.33. The maximum Gasteiger partial charge on any atom is 0.441 e. The fourth-order valence-corrected chi connectivity index (χ4v) is 2.28. The van der Waals surface area contributed by atoms with Crippen LogP contribution in [0, 0.1) is 11.8 Å². The Balaban J connectivity index is 3.83. The highest BCUT2D eigenvalue weighted by Gasteiger charge is 2.27. The molecule has 0 aromatic rings. The van der Waals surface area contributed by atoms with Gasteiger partial charge in [-0.25, -0.2) is 0 Å². The first-order valence-corrected chi connectivity index (χ1v) is 7.13. The van der Waals surface area contributed by atoms with Crippen molar-refractivity contribution in [3.05, 3.63) is 0 Å². The van der Waals surface area contributed by atoms with Crippen molar-refractivity contribution in [3.63, 3.8) is 0 Å². The van der Waals surface area contributed by atoms with Crippen molar-refractivity contribution in [1.82, 2.24) is 5.32 Å². The van der Waals surface area contributed by atoms with Gasteiger partial charge in [-0.3, -0.25) is 0 Å². The van der Waals surface area contributed by atoms with Crippen LogP contribution < -0.4 is 5.32 Å². The molecule has 0 radical (unpaired) electrons. The Morgan fingerprint density at radius 3 is 1.82 bits per heavy atom. The van der Waals surface area contributed by atoms with Gasteiger partial charge in [0.1, 0.15) is 0 Å². The molecule has 0 aromatic carbocycles. The molecule has 0 aliphatic carbocycles. The van der Waals surface area contributed by atoms with Crippen molar-refractivity contribution < 1.29 is 13.2 Å². The molecule has 104 valence electrons. The van der Waals surface area contributed by atoms with Gasteiger partial charge in [0.25, 0.3) is 0 Å². The van der Waals surface area contributed by atoms with Crippen LogP contribution in [0.15, 0.2) is 0 Å². The van der Waals surface area contributed by atoms with Gasteiger partial charge >= 0.3 is 5.51 Å². The normalized spacial score (nSPS) is 13.1. The molecule has 0 amide bonds. The Morgan fingerprint density at radius 2 is 1.47 bits per heavy atom. The van der Waals surface area contributed by atoms with E-state index in [1.165, 1.54) is 0 Å². The van der Waals surface area contributed by atoms with E-state index in [1.54, 1.807) is 0 Å². The summed E-state index contributed by atoms with van der Waals surface area (Å²) in [5.41, 5.74) is -4.10. The molecule has 0 saturated heterocycles. The molecule has 1 nitrogen and oxygen atoms in total. The van der Waals surface area contributed by atoms with Crippen molar-refractivity contribution in [2.45, 2.75) is 52.1 Å². The number of thioether (sulfide) groups is 1. The van der Waals surface area contributed by atoms with E-state index < -0.39 is 5.51 Å².